The Morgan fingerprint density at radius 2 is 1.93 bits per heavy atom. The van der Waals surface area contributed by atoms with E-state index in [1.54, 1.807) is 13.1 Å². The van der Waals surface area contributed by atoms with Gasteiger partial charge in [0.2, 0.25) is 5.78 Å². The molecule has 0 N–H and O–H groups in total. The quantitative estimate of drug-likeness (QED) is 0.592. The van der Waals surface area contributed by atoms with Gasteiger partial charge in [-0.25, -0.2) is 4.79 Å². The van der Waals surface area contributed by atoms with E-state index in [-0.39, 0.29) is 17.8 Å². The Morgan fingerprint density at radius 3 is 2.64 bits per heavy atom. The average Bonchev–Trinajstić information content (AvgIpc) is 3.20. The first-order valence-electron chi connectivity index (χ1n) is 9.62. The molecule has 0 saturated carbocycles. The SMILES string of the molecule is CC=CCn1c(=O)c2c(nc3n(CCN4CCOCC4)c(C)cn23)n(C)c1=O. The predicted molar refractivity (Wildman–Crippen MR) is 107 cm³/mol. The average molecular weight is 386 g/mol. The van der Waals surface area contributed by atoms with E-state index in [2.05, 4.69) is 14.5 Å². The lowest BCUT2D eigenvalue weighted by molar-refractivity contribution is 0.0364. The van der Waals surface area contributed by atoms with Gasteiger partial charge in [0.25, 0.3) is 5.56 Å². The summed E-state index contributed by atoms with van der Waals surface area (Å²) in [6.07, 6.45) is 5.55. The normalized spacial score (nSPS) is 16.1. The Hall–Kier alpha value is -2.65. The van der Waals surface area contributed by atoms with Crippen molar-refractivity contribution in [3.63, 3.8) is 0 Å². The third-order valence-electron chi connectivity index (χ3n) is 5.41. The summed E-state index contributed by atoms with van der Waals surface area (Å²) in [7, 11) is 1.66. The van der Waals surface area contributed by atoms with Crippen molar-refractivity contribution in [2.24, 2.45) is 7.05 Å². The summed E-state index contributed by atoms with van der Waals surface area (Å²) < 4.78 is 12.0. The number of aromatic nitrogens is 5. The first-order chi connectivity index (χ1) is 13.5. The van der Waals surface area contributed by atoms with E-state index in [1.807, 2.05) is 30.5 Å². The van der Waals surface area contributed by atoms with E-state index in [1.165, 1.54) is 9.13 Å². The molecule has 0 radical (unpaired) electrons. The molecule has 0 unspecified atom stereocenters. The summed E-state index contributed by atoms with van der Waals surface area (Å²) in [5.41, 5.74) is 1.23. The number of morpholine rings is 1. The van der Waals surface area contributed by atoms with E-state index < -0.39 is 0 Å². The van der Waals surface area contributed by atoms with Gasteiger partial charge in [0.05, 0.1) is 13.2 Å². The smallest absolute Gasteiger partial charge is 0.332 e. The molecule has 0 aromatic carbocycles. The van der Waals surface area contributed by atoms with Gasteiger partial charge in [0.1, 0.15) is 0 Å². The fourth-order valence-electron chi connectivity index (χ4n) is 3.77. The second-order valence-electron chi connectivity index (χ2n) is 7.16. The predicted octanol–water partition coefficient (Wildman–Crippen LogP) is 0.366. The van der Waals surface area contributed by atoms with Crippen LogP contribution in [0.25, 0.3) is 16.9 Å². The summed E-state index contributed by atoms with van der Waals surface area (Å²) in [4.78, 5) is 32.7. The first-order valence-corrected chi connectivity index (χ1v) is 9.62. The maximum Gasteiger partial charge on any atom is 0.332 e. The number of fused-ring (bicyclic) bond motifs is 3. The molecule has 1 saturated heterocycles. The van der Waals surface area contributed by atoms with Crippen LogP contribution in [0, 0.1) is 6.92 Å². The number of hydrogen-bond donors (Lipinski definition) is 0. The third kappa shape index (κ3) is 3.00. The van der Waals surface area contributed by atoms with Gasteiger partial charge in [0.15, 0.2) is 11.2 Å². The zero-order valence-corrected chi connectivity index (χ0v) is 16.6. The largest absolute Gasteiger partial charge is 0.379 e. The summed E-state index contributed by atoms with van der Waals surface area (Å²) >= 11 is 0. The van der Waals surface area contributed by atoms with Gasteiger partial charge in [-0.2, -0.15) is 4.98 Å². The van der Waals surface area contributed by atoms with Crippen LogP contribution in [0.3, 0.4) is 0 Å². The van der Waals surface area contributed by atoms with Crippen molar-refractivity contribution in [2.45, 2.75) is 26.9 Å². The molecular weight excluding hydrogens is 360 g/mol. The second kappa shape index (κ2) is 7.40. The minimum Gasteiger partial charge on any atom is -0.379 e. The van der Waals surface area contributed by atoms with Crippen molar-refractivity contribution < 1.29 is 4.74 Å². The molecule has 1 fully saturated rings. The number of allylic oxidation sites excluding steroid dienone is 2. The van der Waals surface area contributed by atoms with Crippen LogP contribution in [-0.2, 0) is 24.9 Å². The second-order valence-corrected chi connectivity index (χ2v) is 7.16. The van der Waals surface area contributed by atoms with Gasteiger partial charge >= 0.3 is 5.69 Å². The highest BCUT2D eigenvalue weighted by molar-refractivity contribution is 5.75. The molecule has 0 amide bonds. The summed E-state index contributed by atoms with van der Waals surface area (Å²) in [5.74, 6) is 0.691. The molecule has 9 heteroatoms. The van der Waals surface area contributed by atoms with Gasteiger partial charge in [-0.15, -0.1) is 0 Å². The monoisotopic (exact) mass is 386 g/mol. The zero-order chi connectivity index (χ0) is 19.8. The van der Waals surface area contributed by atoms with Gasteiger partial charge in [-0.3, -0.25) is 23.2 Å². The minimum atomic E-state index is -0.354. The van der Waals surface area contributed by atoms with E-state index >= 15 is 0 Å². The van der Waals surface area contributed by atoms with Gasteiger partial charge in [-0.1, -0.05) is 12.2 Å². The molecule has 3 aromatic heterocycles. The molecule has 4 rings (SSSR count). The lowest BCUT2D eigenvalue weighted by Crippen LogP contribution is -2.39. The number of aryl methyl sites for hydroxylation is 2. The zero-order valence-electron chi connectivity index (χ0n) is 16.6. The highest BCUT2D eigenvalue weighted by Crippen LogP contribution is 2.16. The van der Waals surface area contributed by atoms with Crippen molar-refractivity contribution in [2.75, 3.05) is 32.8 Å². The molecule has 9 nitrogen and oxygen atoms in total. The summed E-state index contributed by atoms with van der Waals surface area (Å²) in [6, 6.07) is 0. The molecule has 0 spiro atoms. The standard InChI is InChI=1S/C19H26N6O3/c1-4-5-6-24-17(26)15-16(21(3)19(24)27)20-18-23(14(2)13-25(15)18)8-7-22-9-11-28-12-10-22/h4-5,13H,6-12H2,1-3H3. The van der Waals surface area contributed by atoms with Crippen molar-refractivity contribution >= 4 is 16.9 Å². The van der Waals surface area contributed by atoms with Crippen LogP contribution in [0.1, 0.15) is 12.6 Å². The first kappa shape index (κ1) is 18.7. The Morgan fingerprint density at radius 1 is 1.18 bits per heavy atom. The Balaban J connectivity index is 1.81. The third-order valence-corrected chi connectivity index (χ3v) is 5.41. The van der Waals surface area contributed by atoms with Gasteiger partial charge < -0.3 is 9.30 Å². The molecule has 28 heavy (non-hydrogen) atoms. The molecule has 4 heterocycles. The lowest BCUT2D eigenvalue weighted by Gasteiger charge is -2.26. The van der Waals surface area contributed by atoms with Crippen LogP contribution in [0.15, 0.2) is 27.9 Å². The van der Waals surface area contributed by atoms with E-state index in [4.69, 9.17) is 4.74 Å². The Bertz CT molecular complexity index is 1160. The van der Waals surface area contributed by atoms with Crippen molar-refractivity contribution in [3.8, 4) is 0 Å². The van der Waals surface area contributed by atoms with Crippen molar-refractivity contribution in [3.05, 3.63) is 44.9 Å². The van der Waals surface area contributed by atoms with E-state index in [0.717, 1.165) is 45.1 Å². The maximum absolute atomic E-state index is 13.0. The lowest BCUT2D eigenvalue weighted by atomic mass is 10.4. The van der Waals surface area contributed by atoms with Crippen molar-refractivity contribution in [1.82, 2.24) is 28.0 Å². The Kier molecular flexibility index (Phi) is 4.94. The number of ether oxygens (including phenoxy) is 1. The summed E-state index contributed by atoms with van der Waals surface area (Å²) in [6.45, 7) is 9.18. The van der Waals surface area contributed by atoms with E-state index in [9.17, 15) is 9.59 Å². The Labute approximate surface area is 162 Å². The highest BCUT2D eigenvalue weighted by atomic mass is 16.5. The molecule has 0 atom stereocenters. The fraction of sp³-hybridized carbons (Fsp3) is 0.526. The van der Waals surface area contributed by atoms with E-state index in [0.29, 0.717) is 16.9 Å². The van der Waals surface area contributed by atoms with Crippen molar-refractivity contribution in [1.29, 1.82) is 0 Å². The van der Waals surface area contributed by atoms with Crippen LogP contribution >= 0.6 is 0 Å². The molecule has 3 aromatic rings. The maximum atomic E-state index is 13.0. The molecule has 1 aliphatic heterocycles. The van der Waals surface area contributed by atoms with Gasteiger partial charge in [0, 0.05) is 51.7 Å². The summed E-state index contributed by atoms with van der Waals surface area (Å²) in [5, 5.41) is 0. The highest BCUT2D eigenvalue weighted by Gasteiger charge is 2.20. The molecule has 1 aliphatic rings. The number of nitrogens with zero attached hydrogens (tertiary/aromatic N) is 6. The van der Waals surface area contributed by atoms with Crippen LogP contribution in [0.5, 0.6) is 0 Å². The fourth-order valence-corrected chi connectivity index (χ4v) is 3.77. The molecule has 150 valence electrons. The van der Waals surface area contributed by atoms with Crippen LogP contribution in [-0.4, -0.2) is 60.8 Å². The minimum absolute atomic E-state index is 0.252. The molecular formula is C19H26N6O3. The number of rotatable bonds is 5. The van der Waals surface area contributed by atoms with Crippen LogP contribution in [0.4, 0.5) is 0 Å². The number of hydrogen-bond acceptors (Lipinski definition) is 5. The molecule has 0 bridgehead atoms. The topological polar surface area (TPSA) is 78.7 Å². The van der Waals surface area contributed by atoms with Gasteiger partial charge in [-0.05, 0) is 13.8 Å². The molecule has 0 aliphatic carbocycles. The number of imidazole rings is 2. The van der Waals surface area contributed by atoms with Crippen LogP contribution < -0.4 is 11.2 Å². The van der Waals surface area contributed by atoms with Crippen LogP contribution in [0.2, 0.25) is 0 Å².